The number of hydrogen-bond acceptors (Lipinski definition) is 3. The molecule has 168 valence electrons. The Labute approximate surface area is 194 Å². The zero-order valence-electron chi connectivity index (χ0n) is 18.3. The van der Waals surface area contributed by atoms with Crippen molar-refractivity contribution in [3.8, 4) is 5.75 Å². The Kier molecular flexibility index (Phi) is 10.2. The van der Waals surface area contributed by atoms with E-state index in [9.17, 15) is 9.59 Å². The molecule has 0 bridgehead atoms. The lowest BCUT2D eigenvalue weighted by molar-refractivity contribution is -0.143. The summed E-state index contributed by atoms with van der Waals surface area (Å²) in [6.07, 6.45) is 2.22. The molecule has 5 nitrogen and oxygen atoms in total. The Morgan fingerprint density at radius 2 is 1.77 bits per heavy atom. The van der Waals surface area contributed by atoms with Crippen LogP contribution in [0.2, 0.25) is 10.0 Å². The molecular weight excluding hydrogens is 435 g/mol. The Bertz CT molecular complexity index is 872. The summed E-state index contributed by atoms with van der Waals surface area (Å²) in [6, 6.07) is 12.1. The lowest BCUT2D eigenvalue weighted by atomic mass is 10.1. The molecule has 7 heteroatoms. The second kappa shape index (κ2) is 12.6. The Hall–Kier alpha value is -2.24. The van der Waals surface area contributed by atoms with Gasteiger partial charge >= 0.3 is 0 Å². The third-order valence-electron chi connectivity index (χ3n) is 4.98. The SMILES string of the molecule is CCCNC(=O)[C@H](CC)N(Cc1ccc(Cl)cc1Cl)C(=O)COc1ccc(CC)cc1. The molecule has 0 radical (unpaired) electrons. The summed E-state index contributed by atoms with van der Waals surface area (Å²) in [4.78, 5) is 27.4. The van der Waals surface area contributed by atoms with Crippen molar-refractivity contribution in [3.05, 3.63) is 63.6 Å². The summed E-state index contributed by atoms with van der Waals surface area (Å²) >= 11 is 12.3. The predicted octanol–water partition coefficient (Wildman–Crippen LogP) is 5.27. The van der Waals surface area contributed by atoms with Gasteiger partial charge in [0.1, 0.15) is 11.8 Å². The molecule has 2 amide bonds. The minimum Gasteiger partial charge on any atom is -0.484 e. The number of hydrogen-bond donors (Lipinski definition) is 1. The molecule has 31 heavy (non-hydrogen) atoms. The summed E-state index contributed by atoms with van der Waals surface area (Å²) in [5.41, 5.74) is 1.91. The van der Waals surface area contributed by atoms with Crippen LogP contribution in [0.25, 0.3) is 0 Å². The smallest absolute Gasteiger partial charge is 0.261 e. The fourth-order valence-corrected chi connectivity index (χ4v) is 3.64. The molecule has 0 aliphatic heterocycles. The maximum atomic E-state index is 13.2. The van der Waals surface area contributed by atoms with Crippen LogP contribution in [0, 0.1) is 0 Å². The third-order valence-corrected chi connectivity index (χ3v) is 5.57. The van der Waals surface area contributed by atoms with E-state index in [4.69, 9.17) is 27.9 Å². The number of amides is 2. The van der Waals surface area contributed by atoms with Crippen LogP contribution < -0.4 is 10.1 Å². The molecule has 0 saturated heterocycles. The van der Waals surface area contributed by atoms with E-state index in [2.05, 4.69) is 12.2 Å². The number of nitrogens with one attached hydrogen (secondary N) is 1. The maximum Gasteiger partial charge on any atom is 0.261 e. The minimum absolute atomic E-state index is 0.172. The fourth-order valence-electron chi connectivity index (χ4n) is 3.17. The summed E-state index contributed by atoms with van der Waals surface area (Å²) in [6.45, 7) is 6.51. The van der Waals surface area contributed by atoms with Crippen LogP contribution in [-0.4, -0.2) is 35.9 Å². The van der Waals surface area contributed by atoms with Gasteiger partial charge in [0.05, 0.1) is 0 Å². The van der Waals surface area contributed by atoms with Crippen molar-refractivity contribution in [2.45, 2.75) is 52.6 Å². The molecule has 0 heterocycles. The van der Waals surface area contributed by atoms with Crippen LogP contribution >= 0.6 is 23.2 Å². The molecule has 2 aromatic carbocycles. The van der Waals surface area contributed by atoms with Gasteiger partial charge in [0.2, 0.25) is 5.91 Å². The molecule has 0 spiro atoms. The molecule has 0 aliphatic rings. The quantitative estimate of drug-likeness (QED) is 0.492. The van der Waals surface area contributed by atoms with Crippen molar-refractivity contribution in [2.75, 3.05) is 13.2 Å². The van der Waals surface area contributed by atoms with Gasteiger partial charge in [-0.25, -0.2) is 0 Å². The molecule has 1 atom stereocenters. The average Bonchev–Trinajstić information content (AvgIpc) is 2.77. The van der Waals surface area contributed by atoms with E-state index >= 15 is 0 Å². The average molecular weight is 465 g/mol. The van der Waals surface area contributed by atoms with E-state index in [0.29, 0.717) is 34.3 Å². The topological polar surface area (TPSA) is 58.6 Å². The molecule has 0 fully saturated rings. The van der Waals surface area contributed by atoms with Crippen molar-refractivity contribution >= 4 is 35.0 Å². The lowest BCUT2D eigenvalue weighted by Crippen LogP contribution is -2.50. The van der Waals surface area contributed by atoms with E-state index < -0.39 is 6.04 Å². The molecule has 0 aromatic heterocycles. The maximum absolute atomic E-state index is 13.2. The van der Waals surface area contributed by atoms with E-state index in [1.807, 2.05) is 38.1 Å². The number of nitrogens with zero attached hydrogens (tertiary/aromatic N) is 1. The van der Waals surface area contributed by atoms with Gasteiger partial charge in [0, 0.05) is 23.1 Å². The van der Waals surface area contributed by atoms with Gasteiger partial charge in [0.25, 0.3) is 5.91 Å². The van der Waals surface area contributed by atoms with Crippen molar-refractivity contribution < 1.29 is 14.3 Å². The summed E-state index contributed by atoms with van der Waals surface area (Å²) < 4.78 is 5.71. The first-order valence-electron chi connectivity index (χ1n) is 10.6. The number of ether oxygens (including phenoxy) is 1. The van der Waals surface area contributed by atoms with Gasteiger partial charge in [-0.15, -0.1) is 0 Å². The van der Waals surface area contributed by atoms with E-state index in [-0.39, 0.29) is 25.0 Å². The fraction of sp³-hybridized carbons (Fsp3) is 0.417. The number of halogens is 2. The predicted molar refractivity (Wildman–Crippen MR) is 126 cm³/mol. The van der Waals surface area contributed by atoms with Crippen molar-refractivity contribution in [2.24, 2.45) is 0 Å². The summed E-state index contributed by atoms with van der Waals surface area (Å²) in [5, 5.41) is 3.85. The van der Waals surface area contributed by atoms with Crippen LogP contribution in [-0.2, 0) is 22.6 Å². The molecule has 1 N–H and O–H groups in total. The van der Waals surface area contributed by atoms with Gasteiger partial charge < -0.3 is 15.0 Å². The Morgan fingerprint density at radius 3 is 2.35 bits per heavy atom. The molecule has 0 unspecified atom stereocenters. The van der Waals surface area contributed by atoms with Gasteiger partial charge in [-0.05, 0) is 54.7 Å². The van der Waals surface area contributed by atoms with Gasteiger partial charge in [-0.1, -0.05) is 62.2 Å². The highest BCUT2D eigenvalue weighted by atomic mass is 35.5. The van der Waals surface area contributed by atoms with Crippen LogP contribution in [0.15, 0.2) is 42.5 Å². The Morgan fingerprint density at radius 1 is 1.06 bits per heavy atom. The van der Waals surface area contributed by atoms with Crippen molar-refractivity contribution in [1.29, 1.82) is 0 Å². The highest BCUT2D eigenvalue weighted by Gasteiger charge is 2.29. The number of aryl methyl sites for hydroxylation is 1. The van der Waals surface area contributed by atoms with Crippen molar-refractivity contribution in [3.63, 3.8) is 0 Å². The molecular formula is C24H30Cl2N2O3. The molecule has 2 rings (SSSR count). The van der Waals surface area contributed by atoms with Crippen molar-refractivity contribution in [1.82, 2.24) is 10.2 Å². The zero-order chi connectivity index (χ0) is 22.8. The lowest BCUT2D eigenvalue weighted by Gasteiger charge is -2.31. The van der Waals surface area contributed by atoms with Gasteiger partial charge in [-0.3, -0.25) is 9.59 Å². The number of carbonyl (C=O) groups is 2. The second-order valence-corrected chi connectivity index (χ2v) is 8.10. The van der Waals surface area contributed by atoms with E-state index in [1.165, 1.54) is 10.5 Å². The number of benzene rings is 2. The first kappa shape index (κ1) is 25.0. The first-order valence-corrected chi connectivity index (χ1v) is 11.4. The molecule has 0 aliphatic carbocycles. The second-order valence-electron chi connectivity index (χ2n) is 7.26. The number of rotatable bonds is 11. The summed E-state index contributed by atoms with van der Waals surface area (Å²) in [7, 11) is 0. The van der Waals surface area contributed by atoms with Gasteiger partial charge in [0.15, 0.2) is 6.61 Å². The van der Waals surface area contributed by atoms with Crippen LogP contribution in [0.5, 0.6) is 5.75 Å². The largest absolute Gasteiger partial charge is 0.484 e. The highest BCUT2D eigenvalue weighted by Crippen LogP contribution is 2.24. The Balaban J connectivity index is 2.21. The highest BCUT2D eigenvalue weighted by molar-refractivity contribution is 6.35. The minimum atomic E-state index is -0.628. The van der Waals surface area contributed by atoms with Crippen LogP contribution in [0.3, 0.4) is 0 Å². The third kappa shape index (κ3) is 7.44. The number of carbonyl (C=O) groups excluding carboxylic acids is 2. The zero-order valence-corrected chi connectivity index (χ0v) is 19.8. The normalized spacial score (nSPS) is 11.6. The first-order chi connectivity index (χ1) is 14.9. The standard InChI is InChI=1S/C24H30Cl2N2O3/c1-4-13-27-24(30)22(6-3)28(15-18-9-10-19(25)14-21(18)26)23(29)16-31-20-11-7-17(5-2)8-12-20/h7-12,14,22H,4-6,13,15-16H2,1-3H3,(H,27,30)/t22-/m0/s1. The van der Waals surface area contributed by atoms with E-state index in [1.54, 1.807) is 18.2 Å². The monoisotopic (exact) mass is 464 g/mol. The van der Waals surface area contributed by atoms with Crippen LogP contribution in [0.1, 0.15) is 44.7 Å². The van der Waals surface area contributed by atoms with E-state index in [0.717, 1.165) is 12.8 Å². The summed E-state index contributed by atoms with van der Waals surface area (Å²) in [5.74, 6) is 0.137. The van der Waals surface area contributed by atoms with Gasteiger partial charge in [-0.2, -0.15) is 0 Å². The molecule has 0 saturated carbocycles. The van der Waals surface area contributed by atoms with Crippen LogP contribution in [0.4, 0.5) is 0 Å². The molecule has 2 aromatic rings.